The topological polar surface area (TPSA) is 38.1 Å². The predicted molar refractivity (Wildman–Crippen MR) is 37.0 cm³/mol. The van der Waals surface area contributed by atoms with Crippen molar-refractivity contribution in [2.45, 2.75) is 6.10 Å². The highest BCUT2D eigenvalue weighted by Crippen LogP contribution is 2.06. The number of terminal acetylenes is 1. The first kappa shape index (κ1) is 6.84. The molecule has 0 fully saturated rings. The van der Waals surface area contributed by atoms with Crippen LogP contribution in [0.25, 0.3) is 0 Å². The van der Waals surface area contributed by atoms with E-state index in [9.17, 15) is 0 Å². The number of nitrogens with zero attached hydrogens (tertiary/aromatic N) is 2. The summed E-state index contributed by atoms with van der Waals surface area (Å²) in [5.74, 6) is 2.68. The molecular weight excluding hydrogens is 128 g/mol. The van der Waals surface area contributed by atoms with Crippen LogP contribution in [0, 0.1) is 12.3 Å². The fourth-order valence-electron chi connectivity index (χ4n) is 0.715. The number of hydrogen-bond donors (Lipinski definition) is 1. The number of aromatic nitrogens is 2. The van der Waals surface area contributed by atoms with E-state index in [2.05, 4.69) is 10.9 Å². The molecule has 0 amide bonds. The lowest BCUT2D eigenvalue weighted by Crippen LogP contribution is -2.02. The van der Waals surface area contributed by atoms with Gasteiger partial charge in [-0.05, 0) is 0 Å². The molecule has 1 N–H and O–H groups in total. The number of imidazole rings is 1. The fraction of sp³-hybridized carbons (Fsp3) is 0.286. The van der Waals surface area contributed by atoms with Crippen molar-refractivity contribution < 1.29 is 5.11 Å². The van der Waals surface area contributed by atoms with Crippen molar-refractivity contribution in [2.75, 3.05) is 0 Å². The molecule has 1 aromatic heterocycles. The van der Waals surface area contributed by atoms with E-state index in [1.54, 1.807) is 24.0 Å². The molecule has 3 nitrogen and oxygen atoms in total. The largest absolute Gasteiger partial charge is 0.373 e. The smallest absolute Gasteiger partial charge is 0.172 e. The molecule has 3 heteroatoms. The molecule has 10 heavy (non-hydrogen) atoms. The molecule has 0 bridgehead atoms. The molecule has 1 atom stereocenters. The first-order valence-electron chi connectivity index (χ1n) is 2.87. The number of hydrogen-bond acceptors (Lipinski definition) is 2. The van der Waals surface area contributed by atoms with Crippen molar-refractivity contribution in [3.8, 4) is 12.3 Å². The van der Waals surface area contributed by atoms with Gasteiger partial charge in [-0.2, -0.15) is 0 Å². The van der Waals surface area contributed by atoms with Gasteiger partial charge in [0.2, 0.25) is 0 Å². The predicted octanol–water partition coefficient (Wildman–Crippen LogP) is 0.0867. The van der Waals surface area contributed by atoms with E-state index in [4.69, 9.17) is 11.5 Å². The zero-order valence-electron chi connectivity index (χ0n) is 5.65. The van der Waals surface area contributed by atoms with Gasteiger partial charge in [0.05, 0.1) is 0 Å². The molecule has 1 aromatic rings. The quantitative estimate of drug-likeness (QED) is 0.555. The first-order valence-corrected chi connectivity index (χ1v) is 2.87. The third kappa shape index (κ3) is 1.02. The zero-order chi connectivity index (χ0) is 7.56. The van der Waals surface area contributed by atoms with Crippen LogP contribution in [0.3, 0.4) is 0 Å². The van der Waals surface area contributed by atoms with Gasteiger partial charge in [-0.1, -0.05) is 5.92 Å². The molecule has 1 heterocycles. The van der Waals surface area contributed by atoms with Gasteiger partial charge in [0.25, 0.3) is 0 Å². The van der Waals surface area contributed by atoms with Crippen molar-refractivity contribution in [1.29, 1.82) is 0 Å². The van der Waals surface area contributed by atoms with Crippen molar-refractivity contribution in [2.24, 2.45) is 7.05 Å². The maximum atomic E-state index is 9.08. The van der Waals surface area contributed by atoms with Gasteiger partial charge in [-0.25, -0.2) is 4.98 Å². The Kier molecular flexibility index (Phi) is 1.74. The van der Waals surface area contributed by atoms with Crippen LogP contribution >= 0.6 is 0 Å². The van der Waals surface area contributed by atoms with Crippen LogP contribution in [0.4, 0.5) is 0 Å². The van der Waals surface area contributed by atoms with E-state index in [0.717, 1.165) is 0 Å². The van der Waals surface area contributed by atoms with Crippen molar-refractivity contribution >= 4 is 0 Å². The standard InChI is InChI=1S/C7H8N2O/c1-3-6(10)7-8-4-5-9(7)2/h1,4-6,10H,2H3. The van der Waals surface area contributed by atoms with E-state index in [0.29, 0.717) is 5.82 Å². The monoisotopic (exact) mass is 136 g/mol. The summed E-state index contributed by atoms with van der Waals surface area (Å²) in [6.07, 6.45) is 7.42. The van der Waals surface area contributed by atoms with Crippen LogP contribution in [0.2, 0.25) is 0 Å². The summed E-state index contributed by atoms with van der Waals surface area (Å²) in [6, 6.07) is 0. The van der Waals surface area contributed by atoms with E-state index in [1.807, 2.05) is 0 Å². The Hall–Kier alpha value is -1.27. The van der Waals surface area contributed by atoms with Gasteiger partial charge in [0.1, 0.15) is 5.82 Å². The SMILES string of the molecule is C#CC(O)c1nccn1C. The summed E-state index contributed by atoms with van der Waals surface area (Å²) >= 11 is 0. The second kappa shape index (κ2) is 2.54. The molecule has 1 rings (SSSR count). The molecular formula is C7H8N2O. The van der Waals surface area contributed by atoms with E-state index >= 15 is 0 Å². The molecule has 0 aliphatic heterocycles. The lowest BCUT2D eigenvalue weighted by molar-refractivity contribution is 0.224. The van der Waals surface area contributed by atoms with Gasteiger partial charge >= 0.3 is 0 Å². The highest BCUT2D eigenvalue weighted by Gasteiger charge is 2.06. The third-order valence-electron chi connectivity index (χ3n) is 1.26. The molecule has 52 valence electrons. The van der Waals surface area contributed by atoms with Gasteiger partial charge in [-0.15, -0.1) is 6.42 Å². The highest BCUT2D eigenvalue weighted by atomic mass is 16.3. The Bertz CT molecular complexity index is 259. The minimum absolute atomic E-state index is 0.502. The van der Waals surface area contributed by atoms with E-state index in [1.165, 1.54) is 0 Å². The van der Waals surface area contributed by atoms with Crippen molar-refractivity contribution in [1.82, 2.24) is 9.55 Å². The van der Waals surface area contributed by atoms with Crippen LogP contribution in [0.5, 0.6) is 0 Å². The van der Waals surface area contributed by atoms with Crippen LogP contribution in [-0.2, 0) is 7.05 Å². The summed E-state index contributed by atoms with van der Waals surface area (Å²) in [5, 5.41) is 9.08. The van der Waals surface area contributed by atoms with Crippen LogP contribution < -0.4 is 0 Å². The number of aliphatic hydroxyl groups is 1. The summed E-state index contributed by atoms with van der Waals surface area (Å²) in [5.41, 5.74) is 0. The van der Waals surface area contributed by atoms with E-state index < -0.39 is 6.10 Å². The lowest BCUT2D eigenvalue weighted by atomic mass is 10.3. The second-order valence-electron chi connectivity index (χ2n) is 1.97. The van der Waals surface area contributed by atoms with Crippen LogP contribution in [-0.4, -0.2) is 14.7 Å². The first-order chi connectivity index (χ1) is 4.75. The van der Waals surface area contributed by atoms with Gasteiger partial charge in [-0.3, -0.25) is 0 Å². The minimum atomic E-state index is -0.889. The lowest BCUT2D eigenvalue weighted by Gasteiger charge is -2.01. The van der Waals surface area contributed by atoms with Crippen LogP contribution in [0.1, 0.15) is 11.9 Å². The molecule has 0 aliphatic rings. The summed E-state index contributed by atoms with van der Waals surface area (Å²) < 4.78 is 1.69. The van der Waals surface area contributed by atoms with Crippen molar-refractivity contribution in [3.05, 3.63) is 18.2 Å². The third-order valence-corrected chi connectivity index (χ3v) is 1.26. The molecule has 0 saturated carbocycles. The Balaban J connectivity index is 2.96. The van der Waals surface area contributed by atoms with Crippen molar-refractivity contribution in [3.63, 3.8) is 0 Å². The van der Waals surface area contributed by atoms with E-state index in [-0.39, 0.29) is 0 Å². The second-order valence-corrected chi connectivity index (χ2v) is 1.97. The molecule has 0 aliphatic carbocycles. The average Bonchev–Trinajstić information content (AvgIpc) is 2.34. The Morgan fingerprint density at radius 2 is 2.60 bits per heavy atom. The Morgan fingerprint density at radius 3 is 3.00 bits per heavy atom. The normalized spacial score (nSPS) is 12.5. The Morgan fingerprint density at radius 1 is 1.90 bits per heavy atom. The maximum Gasteiger partial charge on any atom is 0.172 e. The van der Waals surface area contributed by atoms with Crippen LogP contribution in [0.15, 0.2) is 12.4 Å². The summed E-state index contributed by atoms with van der Waals surface area (Å²) in [6.45, 7) is 0. The molecule has 1 unspecified atom stereocenters. The maximum absolute atomic E-state index is 9.08. The highest BCUT2D eigenvalue weighted by molar-refractivity contribution is 5.08. The van der Waals surface area contributed by atoms with Gasteiger partial charge < -0.3 is 9.67 Å². The van der Waals surface area contributed by atoms with Gasteiger partial charge in [0, 0.05) is 19.4 Å². The number of aliphatic hydroxyl groups excluding tert-OH is 1. The Labute approximate surface area is 59.3 Å². The molecule has 0 aromatic carbocycles. The summed E-state index contributed by atoms with van der Waals surface area (Å²) in [4.78, 5) is 3.86. The summed E-state index contributed by atoms with van der Waals surface area (Å²) in [7, 11) is 1.78. The fourth-order valence-corrected chi connectivity index (χ4v) is 0.715. The molecule has 0 radical (unpaired) electrons. The van der Waals surface area contributed by atoms with Gasteiger partial charge in [0.15, 0.2) is 6.10 Å². The number of aryl methyl sites for hydroxylation is 1. The number of rotatable bonds is 1. The zero-order valence-corrected chi connectivity index (χ0v) is 5.65. The molecule has 0 saturated heterocycles. The molecule has 0 spiro atoms. The minimum Gasteiger partial charge on any atom is -0.373 e. The average molecular weight is 136 g/mol.